The number of hydrogen-bond donors (Lipinski definition) is 1. The molecule has 1 aliphatic heterocycles. The number of amides is 2. The number of carbonyl (C=O) groups excluding carboxylic acids is 2. The molecule has 0 aromatic heterocycles. The highest BCUT2D eigenvalue weighted by atomic mass is 19.1. The van der Waals surface area contributed by atoms with Gasteiger partial charge in [-0.25, -0.2) is 4.39 Å². The summed E-state index contributed by atoms with van der Waals surface area (Å²) in [6.07, 6.45) is -0.885. The quantitative estimate of drug-likeness (QED) is 0.873. The molecule has 0 aliphatic carbocycles. The van der Waals surface area contributed by atoms with Gasteiger partial charge in [0.05, 0.1) is 18.8 Å². The number of carbonyl (C=O) groups is 2. The van der Waals surface area contributed by atoms with Crippen LogP contribution in [0.25, 0.3) is 0 Å². The van der Waals surface area contributed by atoms with Gasteiger partial charge in [-0.3, -0.25) is 14.5 Å². The Morgan fingerprint density at radius 1 is 1.26 bits per heavy atom. The molecule has 1 aliphatic rings. The number of likely N-dealkylation sites (N-methyl/N-ethyl adjacent to an activating group) is 1. The average molecular weight is 371 g/mol. The number of nitrogens with zero attached hydrogens (tertiary/aromatic N) is 2. The normalized spacial score (nSPS) is 17.2. The number of rotatable bonds is 5. The minimum absolute atomic E-state index is 0.0734. The maximum Gasteiger partial charge on any atom is 0.260 e. The van der Waals surface area contributed by atoms with E-state index in [2.05, 4.69) is 0 Å². The summed E-state index contributed by atoms with van der Waals surface area (Å²) in [4.78, 5) is 27.9. The van der Waals surface area contributed by atoms with Gasteiger partial charge in [0.25, 0.3) is 5.91 Å². The van der Waals surface area contributed by atoms with Crippen molar-refractivity contribution in [3.8, 4) is 5.75 Å². The first-order valence-electron chi connectivity index (χ1n) is 8.68. The molecule has 0 radical (unpaired) electrons. The molecule has 0 fully saturated rings. The summed E-state index contributed by atoms with van der Waals surface area (Å²) >= 11 is 0. The Morgan fingerprint density at radius 2 is 1.93 bits per heavy atom. The standard InChI is InChI=1S/C20H22FN3O3/c1-13(14-7-9-15(21)10-8-14)23(2)12-19(25)24-11-18(20(22)26)27-17-6-4-3-5-16(17)24/h3-10,13,18H,11-12H2,1-2H3,(H2,22,26)/t13-,18-/m0/s1. The summed E-state index contributed by atoms with van der Waals surface area (Å²) in [6, 6.07) is 13.2. The van der Waals surface area contributed by atoms with Gasteiger partial charge in [-0.2, -0.15) is 0 Å². The van der Waals surface area contributed by atoms with Crippen molar-refractivity contribution in [2.24, 2.45) is 5.73 Å². The SMILES string of the molecule is C[C@@H](c1ccc(F)cc1)N(C)CC(=O)N1C[C@@H](C(N)=O)Oc2ccccc21. The first-order valence-corrected chi connectivity index (χ1v) is 8.68. The Hall–Kier alpha value is -2.93. The molecule has 0 saturated carbocycles. The number of fused-ring (bicyclic) bond motifs is 1. The molecular formula is C20H22FN3O3. The molecule has 27 heavy (non-hydrogen) atoms. The Morgan fingerprint density at radius 3 is 2.59 bits per heavy atom. The number of nitrogens with two attached hydrogens (primary N) is 1. The molecule has 3 rings (SSSR count). The Bertz CT molecular complexity index is 841. The number of hydrogen-bond acceptors (Lipinski definition) is 4. The highest BCUT2D eigenvalue weighted by Crippen LogP contribution is 2.33. The van der Waals surface area contributed by atoms with Gasteiger partial charge in [-0.1, -0.05) is 24.3 Å². The number of anilines is 1. The fourth-order valence-corrected chi connectivity index (χ4v) is 3.05. The number of primary amides is 1. The van der Waals surface area contributed by atoms with E-state index in [0.717, 1.165) is 5.56 Å². The van der Waals surface area contributed by atoms with Crippen LogP contribution in [0.4, 0.5) is 10.1 Å². The van der Waals surface area contributed by atoms with Gasteiger partial charge in [0.2, 0.25) is 5.91 Å². The van der Waals surface area contributed by atoms with Crippen LogP contribution < -0.4 is 15.4 Å². The first kappa shape index (κ1) is 18.8. The lowest BCUT2D eigenvalue weighted by atomic mass is 10.1. The molecule has 6 nitrogen and oxygen atoms in total. The Labute approximate surface area is 157 Å². The van der Waals surface area contributed by atoms with Crippen molar-refractivity contribution in [1.29, 1.82) is 0 Å². The molecule has 2 amide bonds. The van der Waals surface area contributed by atoms with E-state index in [1.54, 1.807) is 36.4 Å². The van der Waals surface area contributed by atoms with Crippen LogP contribution in [0.5, 0.6) is 5.75 Å². The Balaban J connectivity index is 1.76. The maximum atomic E-state index is 13.1. The second kappa shape index (κ2) is 7.75. The molecule has 7 heteroatoms. The smallest absolute Gasteiger partial charge is 0.260 e. The monoisotopic (exact) mass is 371 g/mol. The molecule has 0 bridgehead atoms. The van der Waals surface area contributed by atoms with Crippen molar-refractivity contribution in [2.75, 3.05) is 25.0 Å². The molecule has 0 saturated heterocycles. The minimum Gasteiger partial charge on any atom is -0.477 e. The van der Waals surface area contributed by atoms with Gasteiger partial charge >= 0.3 is 0 Å². The lowest BCUT2D eigenvalue weighted by molar-refractivity contribution is -0.125. The van der Waals surface area contributed by atoms with E-state index in [0.29, 0.717) is 11.4 Å². The van der Waals surface area contributed by atoms with E-state index < -0.39 is 12.0 Å². The first-order chi connectivity index (χ1) is 12.9. The molecule has 1 heterocycles. The summed E-state index contributed by atoms with van der Waals surface area (Å²) in [5, 5.41) is 0. The second-order valence-electron chi connectivity index (χ2n) is 6.62. The van der Waals surface area contributed by atoms with Crippen LogP contribution in [0.15, 0.2) is 48.5 Å². The number of benzene rings is 2. The molecule has 142 valence electrons. The zero-order valence-corrected chi connectivity index (χ0v) is 15.3. The highest BCUT2D eigenvalue weighted by Gasteiger charge is 2.33. The van der Waals surface area contributed by atoms with Crippen molar-refractivity contribution in [3.63, 3.8) is 0 Å². The van der Waals surface area contributed by atoms with E-state index in [4.69, 9.17) is 10.5 Å². The van der Waals surface area contributed by atoms with Gasteiger partial charge in [-0.15, -0.1) is 0 Å². The predicted octanol–water partition coefficient (Wildman–Crippen LogP) is 2.10. The molecule has 2 aromatic rings. The summed E-state index contributed by atoms with van der Waals surface area (Å²) in [5.41, 5.74) is 6.90. The van der Waals surface area contributed by atoms with Crippen molar-refractivity contribution >= 4 is 17.5 Å². The predicted molar refractivity (Wildman–Crippen MR) is 99.9 cm³/mol. The van der Waals surface area contributed by atoms with E-state index >= 15 is 0 Å². The summed E-state index contributed by atoms with van der Waals surface area (Å²) < 4.78 is 18.7. The number of para-hydroxylation sites is 2. The van der Waals surface area contributed by atoms with Crippen molar-refractivity contribution < 1.29 is 18.7 Å². The van der Waals surface area contributed by atoms with Crippen molar-refractivity contribution in [3.05, 3.63) is 59.9 Å². The Kier molecular flexibility index (Phi) is 5.41. The molecule has 2 N–H and O–H groups in total. The fourth-order valence-electron chi connectivity index (χ4n) is 3.05. The van der Waals surface area contributed by atoms with Gasteiger partial charge < -0.3 is 15.4 Å². The van der Waals surface area contributed by atoms with Gasteiger partial charge in [-0.05, 0) is 43.8 Å². The fraction of sp³-hybridized carbons (Fsp3) is 0.300. The third-order valence-electron chi connectivity index (χ3n) is 4.79. The lowest BCUT2D eigenvalue weighted by Gasteiger charge is -2.35. The minimum atomic E-state index is -0.885. The molecule has 0 spiro atoms. The van der Waals surface area contributed by atoms with Gasteiger partial charge in [0, 0.05) is 6.04 Å². The van der Waals surface area contributed by atoms with Crippen LogP contribution in [-0.2, 0) is 9.59 Å². The van der Waals surface area contributed by atoms with Gasteiger partial charge in [0.15, 0.2) is 6.10 Å². The molecule has 2 atom stereocenters. The van der Waals surface area contributed by atoms with E-state index in [1.807, 2.05) is 18.9 Å². The van der Waals surface area contributed by atoms with E-state index in [-0.39, 0.29) is 30.9 Å². The lowest BCUT2D eigenvalue weighted by Crippen LogP contribution is -2.51. The largest absolute Gasteiger partial charge is 0.477 e. The van der Waals surface area contributed by atoms with Crippen molar-refractivity contribution in [1.82, 2.24) is 4.90 Å². The molecular weight excluding hydrogens is 349 g/mol. The van der Waals surface area contributed by atoms with Crippen LogP contribution in [0, 0.1) is 5.82 Å². The number of ether oxygens (including phenoxy) is 1. The topological polar surface area (TPSA) is 75.9 Å². The highest BCUT2D eigenvalue weighted by molar-refractivity contribution is 5.98. The van der Waals surface area contributed by atoms with Crippen LogP contribution in [0.1, 0.15) is 18.5 Å². The van der Waals surface area contributed by atoms with Gasteiger partial charge in [0.1, 0.15) is 11.6 Å². The van der Waals surface area contributed by atoms with Crippen LogP contribution in [-0.4, -0.2) is 43.0 Å². The maximum absolute atomic E-state index is 13.1. The average Bonchev–Trinajstić information content (AvgIpc) is 2.66. The number of halogens is 1. The zero-order valence-electron chi connectivity index (χ0n) is 15.3. The van der Waals surface area contributed by atoms with Crippen LogP contribution in [0.3, 0.4) is 0 Å². The van der Waals surface area contributed by atoms with Crippen molar-refractivity contribution in [2.45, 2.75) is 19.1 Å². The third kappa shape index (κ3) is 4.09. The second-order valence-corrected chi connectivity index (χ2v) is 6.62. The molecule has 0 unspecified atom stereocenters. The summed E-state index contributed by atoms with van der Waals surface area (Å²) in [7, 11) is 1.82. The summed E-state index contributed by atoms with van der Waals surface area (Å²) in [5.74, 6) is -0.633. The zero-order chi connectivity index (χ0) is 19.6. The van der Waals surface area contributed by atoms with Crippen LogP contribution >= 0.6 is 0 Å². The summed E-state index contributed by atoms with van der Waals surface area (Å²) in [6.45, 7) is 2.14. The van der Waals surface area contributed by atoms with E-state index in [1.165, 1.54) is 17.0 Å². The molecule has 2 aromatic carbocycles. The van der Waals surface area contributed by atoms with Crippen LogP contribution in [0.2, 0.25) is 0 Å². The van der Waals surface area contributed by atoms with E-state index in [9.17, 15) is 14.0 Å². The third-order valence-corrected chi connectivity index (χ3v) is 4.79.